The number of aromatic nitrogens is 2. The molecule has 0 aliphatic carbocycles. The van der Waals surface area contributed by atoms with Crippen LogP contribution in [0.5, 0.6) is 0 Å². The van der Waals surface area contributed by atoms with Crippen LogP contribution in [0.4, 0.5) is 0 Å². The highest BCUT2D eigenvalue weighted by Crippen LogP contribution is 2.22. The standard InChI is InChI=1S/C11H17N3O2/c1-11(9-16-7-6-13(11)2)8-10(15)14-5-3-4-12-14/h3-5H,6-9H2,1-2H3. The Kier molecular flexibility index (Phi) is 3.07. The summed E-state index contributed by atoms with van der Waals surface area (Å²) in [6.45, 7) is 4.25. The van der Waals surface area contributed by atoms with Crippen molar-refractivity contribution in [3.05, 3.63) is 18.5 Å². The van der Waals surface area contributed by atoms with Crippen molar-refractivity contribution < 1.29 is 9.53 Å². The number of hydrogen-bond donors (Lipinski definition) is 0. The first-order chi connectivity index (χ1) is 7.62. The van der Waals surface area contributed by atoms with Crippen LogP contribution in [0.3, 0.4) is 0 Å². The molecule has 1 aromatic heterocycles. The Morgan fingerprint density at radius 3 is 3.06 bits per heavy atom. The average Bonchev–Trinajstić information content (AvgIpc) is 2.76. The second-order valence-corrected chi connectivity index (χ2v) is 4.49. The van der Waals surface area contributed by atoms with Crippen molar-refractivity contribution in [3.63, 3.8) is 0 Å². The summed E-state index contributed by atoms with van der Waals surface area (Å²) in [4.78, 5) is 14.1. The van der Waals surface area contributed by atoms with Gasteiger partial charge in [0, 0.05) is 25.4 Å². The van der Waals surface area contributed by atoms with Gasteiger partial charge in [0.05, 0.1) is 18.8 Å². The maximum atomic E-state index is 11.9. The van der Waals surface area contributed by atoms with Gasteiger partial charge >= 0.3 is 0 Å². The van der Waals surface area contributed by atoms with Gasteiger partial charge in [0.1, 0.15) is 0 Å². The van der Waals surface area contributed by atoms with Crippen molar-refractivity contribution in [2.45, 2.75) is 18.9 Å². The van der Waals surface area contributed by atoms with E-state index in [1.807, 2.05) is 14.0 Å². The third-order valence-electron chi connectivity index (χ3n) is 3.20. The van der Waals surface area contributed by atoms with Crippen LogP contribution in [0.15, 0.2) is 18.5 Å². The summed E-state index contributed by atoms with van der Waals surface area (Å²) in [6.07, 6.45) is 3.71. The van der Waals surface area contributed by atoms with Crippen LogP contribution < -0.4 is 0 Å². The van der Waals surface area contributed by atoms with Gasteiger partial charge in [-0.05, 0) is 20.0 Å². The topological polar surface area (TPSA) is 47.4 Å². The molecule has 0 radical (unpaired) electrons. The fraction of sp³-hybridized carbons (Fsp3) is 0.636. The maximum Gasteiger partial charge on any atom is 0.248 e. The van der Waals surface area contributed by atoms with Gasteiger partial charge in [-0.15, -0.1) is 0 Å². The monoisotopic (exact) mass is 223 g/mol. The van der Waals surface area contributed by atoms with Crippen molar-refractivity contribution in [2.75, 3.05) is 26.8 Å². The van der Waals surface area contributed by atoms with Gasteiger partial charge in [0.2, 0.25) is 5.91 Å². The lowest BCUT2D eigenvalue weighted by Gasteiger charge is -2.41. The van der Waals surface area contributed by atoms with E-state index in [9.17, 15) is 4.79 Å². The summed E-state index contributed by atoms with van der Waals surface area (Å²) in [6, 6.07) is 1.75. The second-order valence-electron chi connectivity index (χ2n) is 4.49. The van der Waals surface area contributed by atoms with E-state index >= 15 is 0 Å². The number of morpholine rings is 1. The van der Waals surface area contributed by atoms with Gasteiger partial charge in [0.15, 0.2) is 0 Å². The summed E-state index contributed by atoms with van der Waals surface area (Å²) in [5, 5.41) is 3.95. The van der Waals surface area contributed by atoms with Crippen LogP contribution in [0, 0.1) is 0 Å². The minimum atomic E-state index is -0.221. The molecule has 1 saturated heterocycles. The fourth-order valence-electron chi connectivity index (χ4n) is 1.88. The van der Waals surface area contributed by atoms with E-state index in [2.05, 4.69) is 10.00 Å². The highest BCUT2D eigenvalue weighted by atomic mass is 16.5. The lowest BCUT2D eigenvalue weighted by atomic mass is 9.95. The molecule has 1 atom stereocenters. The molecule has 0 aromatic carbocycles. The van der Waals surface area contributed by atoms with Gasteiger partial charge < -0.3 is 4.74 Å². The Morgan fingerprint density at radius 2 is 2.44 bits per heavy atom. The smallest absolute Gasteiger partial charge is 0.248 e. The zero-order valence-corrected chi connectivity index (χ0v) is 9.72. The van der Waals surface area contributed by atoms with Crippen molar-refractivity contribution in [3.8, 4) is 0 Å². The van der Waals surface area contributed by atoms with Gasteiger partial charge in [-0.3, -0.25) is 9.69 Å². The van der Waals surface area contributed by atoms with Crippen LogP contribution >= 0.6 is 0 Å². The third-order valence-corrected chi connectivity index (χ3v) is 3.20. The number of likely N-dealkylation sites (N-methyl/N-ethyl adjacent to an activating group) is 1. The quantitative estimate of drug-likeness (QED) is 0.738. The summed E-state index contributed by atoms with van der Waals surface area (Å²) >= 11 is 0. The summed E-state index contributed by atoms with van der Waals surface area (Å²) in [5.41, 5.74) is -0.221. The van der Waals surface area contributed by atoms with E-state index in [1.54, 1.807) is 18.5 Å². The highest BCUT2D eigenvalue weighted by molar-refractivity contribution is 5.79. The van der Waals surface area contributed by atoms with Gasteiger partial charge in [0.25, 0.3) is 0 Å². The van der Waals surface area contributed by atoms with Crippen LogP contribution in [0.2, 0.25) is 0 Å². The fourth-order valence-corrected chi connectivity index (χ4v) is 1.88. The maximum absolute atomic E-state index is 11.9. The highest BCUT2D eigenvalue weighted by Gasteiger charge is 2.35. The summed E-state index contributed by atoms with van der Waals surface area (Å²) in [7, 11) is 2.03. The van der Waals surface area contributed by atoms with E-state index in [1.165, 1.54) is 4.68 Å². The van der Waals surface area contributed by atoms with E-state index in [0.29, 0.717) is 13.0 Å². The molecule has 1 aliphatic heterocycles. The SMILES string of the molecule is CN1CCOCC1(C)CC(=O)n1cccn1. The minimum absolute atomic E-state index is 0.00449. The van der Waals surface area contributed by atoms with E-state index < -0.39 is 0 Å². The number of carbonyl (C=O) groups excluding carboxylic acids is 1. The summed E-state index contributed by atoms with van der Waals surface area (Å²) in [5.74, 6) is 0.00449. The minimum Gasteiger partial charge on any atom is -0.378 e. The lowest BCUT2D eigenvalue weighted by Crippen LogP contribution is -2.54. The molecule has 1 unspecified atom stereocenters. The van der Waals surface area contributed by atoms with E-state index in [4.69, 9.17) is 4.74 Å². The molecule has 0 amide bonds. The molecular formula is C11H17N3O2. The largest absolute Gasteiger partial charge is 0.378 e. The zero-order valence-electron chi connectivity index (χ0n) is 9.72. The predicted molar refractivity (Wildman–Crippen MR) is 59.3 cm³/mol. The zero-order chi connectivity index (χ0) is 11.6. The Bertz CT molecular complexity index is 363. The lowest BCUT2D eigenvalue weighted by molar-refractivity contribution is -0.0478. The van der Waals surface area contributed by atoms with Gasteiger partial charge in [-0.1, -0.05) is 0 Å². The van der Waals surface area contributed by atoms with Crippen LogP contribution in [-0.4, -0.2) is 52.9 Å². The van der Waals surface area contributed by atoms with Gasteiger partial charge in [-0.25, -0.2) is 4.68 Å². The molecule has 2 heterocycles. The molecule has 5 heteroatoms. The first kappa shape index (κ1) is 11.3. The molecule has 0 N–H and O–H groups in total. The second kappa shape index (κ2) is 4.35. The van der Waals surface area contributed by atoms with Crippen molar-refractivity contribution in [2.24, 2.45) is 0 Å². The summed E-state index contributed by atoms with van der Waals surface area (Å²) < 4.78 is 6.83. The first-order valence-electron chi connectivity index (χ1n) is 5.44. The van der Waals surface area contributed by atoms with E-state index in [0.717, 1.165) is 13.2 Å². The molecule has 88 valence electrons. The number of hydrogen-bond acceptors (Lipinski definition) is 4. The molecule has 5 nitrogen and oxygen atoms in total. The van der Waals surface area contributed by atoms with Crippen LogP contribution in [0.25, 0.3) is 0 Å². The Hall–Kier alpha value is -1.20. The molecule has 1 aromatic rings. The molecule has 2 rings (SSSR count). The molecule has 16 heavy (non-hydrogen) atoms. The molecule has 1 fully saturated rings. The Labute approximate surface area is 95.0 Å². The van der Waals surface area contributed by atoms with Crippen LogP contribution in [0.1, 0.15) is 18.1 Å². The molecular weight excluding hydrogens is 206 g/mol. The van der Waals surface area contributed by atoms with Crippen molar-refractivity contribution >= 4 is 5.91 Å². The average molecular weight is 223 g/mol. The molecule has 1 aliphatic rings. The Morgan fingerprint density at radius 1 is 1.62 bits per heavy atom. The first-order valence-corrected chi connectivity index (χ1v) is 5.44. The normalized spacial score (nSPS) is 26.9. The van der Waals surface area contributed by atoms with Crippen LogP contribution in [-0.2, 0) is 4.74 Å². The third kappa shape index (κ3) is 2.15. The number of rotatable bonds is 2. The van der Waals surface area contributed by atoms with Gasteiger partial charge in [-0.2, -0.15) is 5.10 Å². The van der Waals surface area contributed by atoms with Crippen molar-refractivity contribution in [1.29, 1.82) is 0 Å². The molecule has 0 saturated carbocycles. The number of nitrogens with zero attached hydrogens (tertiary/aromatic N) is 3. The van der Waals surface area contributed by atoms with Crippen molar-refractivity contribution in [1.82, 2.24) is 14.7 Å². The molecule has 0 spiro atoms. The number of carbonyl (C=O) groups is 1. The molecule has 0 bridgehead atoms. The number of ether oxygens (including phenoxy) is 1. The Balaban J connectivity index is 2.05. The van der Waals surface area contributed by atoms with E-state index in [-0.39, 0.29) is 11.4 Å². The predicted octanol–water partition coefficient (Wildman–Crippen LogP) is 0.634.